The molecule has 25 heavy (non-hydrogen) atoms. The first-order chi connectivity index (χ1) is 12.0. The molecule has 0 spiro atoms. The first-order valence-electron chi connectivity index (χ1n) is 8.14. The average Bonchev–Trinajstić information content (AvgIpc) is 2.99. The lowest BCUT2D eigenvalue weighted by molar-refractivity contribution is -0.134. The van der Waals surface area contributed by atoms with Crippen molar-refractivity contribution >= 4 is 28.3 Å². The van der Waals surface area contributed by atoms with E-state index >= 15 is 0 Å². The van der Waals surface area contributed by atoms with Gasteiger partial charge in [-0.15, -0.1) is 11.3 Å². The Morgan fingerprint density at radius 2 is 2.00 bits per heavy atom. The molecule has 2 aromatic rings. The van der Waals surface area contributed by atoms with Gasteiger partial charge in [0.05, 0.1) is 20.1 Å². The van der Waals surface area contributed by atoms with E-state index in [4.69, 9.17) is 4.74 Å². The number of ether oxygens (including phenoxy) is 1. The highest BCUT2D eigenvalue weighted by Crippen LogP contribution is 2.16. The van der Waals surface area contributed by atoms with Crippen molar-refractivity contribution in [2.24, 2.45) is 0 Å². The Hall–Kier alpha value is -2.41. The first kappa shape index (κ1) is 18.9. The van der Waals surface area contributed by atoms with E-state index < -0.39 is 0 Å². The predicted octanol–water partition coefficient (Wildman–Crippen LogP) is 2.88. The summed E-state index contributed by atoms with van der Waals surface area (Å²) in [5.74, 6) is 0.447. The summed E-state index contributed by atoms with van der Waals surface area (Å²) in [5, 5.41) is 3.30. The van der Waals surface area contributed by atoms with Gasteiger partial charge >= 0.3 is 0 Å². The fourth-order valence-corrected chi connectivity index (χ4v) is 3.02. The van der Waals surface area contributed by atoms with Crippen LogP contribution < -0.4 is 10.1 Å². The lowest BCUT2D eigenvalue weighted by atomic mass is 10.1. The van der Waals surface area contributed by atoms with Crippen molar-refractivity contribution in [2.45, 2.75) is 26.7 Å². The van der Waals surface area contributed by atoms with Gasteiger partial charge in [0.15, 0.2) is 5.13 Å². The Labute approximate surface area is 151 Å². The highest BCUT2D eigenvalue weighted by Gasteiger charge is 2.17. The monoisotopic (exact) mass is 361 g/mol. The lowest BCUT2D eigenvalue weighted by Gasteiger charge is -2.21. The number of anilines is 1. The topological polar surface area (TPSA) is 71.5 Å². The largest absolute Gasteiger partial charge is 0.497 e. The van der Waals surface area contributed by atoms with Gasteiger partial charge in [-0.2, -0.15) is 0 Å². The molecule has 0 fully saturated rings. The number of carbonyl (C=O) groups excluding carboxylic acids is 2. The minimum atomic E-state index is -0.231. The number of amides is 2. The third-order valence-electron chi connectivity index (χ3n) is 3.56. The van der Waals surface area contributed by atoms with Gasteiger partial charge in [-0.25, -0.2) is 4.98 Å². The maximum atomic E-state index is 12.6. The van der Waals surface area contributed by atoms with Crippen molar-refractivity contribution < 1.29 is 14.3 Å². The summed E-state index contributed by atoms with van der Waals surface area (Å²) in [4.78, 5) is 31.5. The quantitative estimate of drug-likeness (QED) is 0.785. The second kappa shape index (κ2) is 9.17. The number of nitrogens with zero attached hydrogens (tertiary/aromatic N) is 2. The molecule has 1 aromatic heterocycles. The molecule has 0 unspecified atom stereocenters. The van der Waals surface area contributed by atoms with Gasteiger partial charge in [0.2, 0.25) is 11.8 Å². The van der Waals surface area contributed by atoms with Gasteiger partial charge in [0.1, 0.15) is 5.75 Å². The van der Waals surface area contributed by atoms with Crippen molar-refractivity contribution in [1.82, 2.24) is 9.88 Å². The summed E-state index contributed by atoms with van der Waals surface area (Å²) in [5.41, 5.74) is 0.892. The van der Waals surface area contributed by atoms with E-state index in [0.29, 0.717) is 11.7 Å². The molecule has 2 rings (SSSR count). The second-order valence-electron chi connectivity index (χ2n) is 5.66. The normalized spacial score (nSPS) is 10.4. The van der Waals surface area contributed by atoms with Gasteiger partial charge in [-0.05, 0) is 31.0 Å². The van der Waals surface area contributed by atoms with E-state index in [1.54, 1.807) is 18.2 Å². The molecule has 0 atom stereocenters. The molecule has 0 aliphatic rings. The fraction of sp³-hybridized carbons (Fsp3) is 0.389. The summed E-state index contributed by atoms with van der Waals surface area (Å²) < 4.78 is 5.12. The van der Waals surface area contributed by atoms with Crippen molar-refractivity contribution in [1.29, 1.82) is 0 Å². The number of carbonyl (C=O) groups is 2. The lowest BCUT2D eigenvalue weighted by Crippen LogP contribution is -2.39. The number of rotatable bonds is 8. The van der Waals surface area contributed by atoms with E-state index in [9.17, 15) is 9.59 Å². The highest BCUT2D eigenvalue weighted by molar-refractivity contribution is 7.15. The molecule has 1 aromatic carbocycles. The standard InChI is InChI=1S/C18H23N3O3S/c1-4-9-21(12-16(22)20-18-19-11-13(2)25-18)17(23)10-14-5-7-15(24-3)8-6-14/h5-8,11H,4,9-10,12H2,1-3H3,(H,19,20,22). The van der Waals surface area contributed by atoms with Gasteiger partial charge in [-0.3, -0.25) is 9.59 Å². The van der Waals surface area contributed by atoms with E-state index in [1.165, 1.54) is 11.3 Å². The number of aromatic nitrogens is 1. The number of hydrogen-bond acceptors (Lipinski definition) is 5. The van der Waals surface area contributed by atoms with Gasteiger partial charge in [-0.1, -0.05) is 19.1 Å². The number of aryl methyl sites for hydroxylation is 1. The molecule has 1 N–H and O–H groups in total. The van der Waals surface area contributed by atoms with Gasteiger partial charge in [0, 0.05) is 17.6 Å². The van der Waals surface area contributed by atoms with Crippen LogP contribution in [-0.2, 0) is 16.0 Å². The summed E-state index contributed by atoms with van der Waals surface area (Å²) in [6, 6.07) is 7.37. The summed E-state index contributed by atoms with van der Waals surface area (Å²) in [6.45, 7) is 4.48. The molecular weight excluding hydrogens is 338 g/mol. The Balaban J connectivity index is 1.95. The van der Waals surface area contributed by atoms with Crippen LogP contribution in [0.3, 0.4) is 0 Å². The fourth-order valence-electron chi connectivity index (χ4n) is 2.34. The Bertz CT molecular complexity index is 713. The SMILES string of the molecule is CCCN(CC(=O)Nc1ncc(C)s1)C(=O)Cc1ccc(OC)cc1. The molecule has 0 bridgehead atoms. The van der Waals surface area contributed by atoms with Crippen LogP contribution in [0.15, 0.2) is 30.5 Å². The maximum Gasteiger partial charge on any atom is 0.245 e. The van der Waals surface area contributed by atoms with Crippen LogP contribution in [0.2, 0.25) is 0 Å². The zero-order chi connectivity index (χ0) is 18.2. The van der Waals surface area contributed by atoms with Crippen LogP contribution >= 0.6 is 11.3 Å². The van der Waals surface area contributed by atoms with E-state index in [2.05, 4.69) is 10.3 Å². The Morgan fingerprint density at radius 1 is 1.28 bits per heavy atom. The van der Waals surface area contributed by atoms with Gasteiger partial charge in [0.25, 0.3) is 0 Å². The third kappa shape index (κ3) is 5.86. The number of methoxy groups -OCH3 is 1. The molecule has 0 aliphatic heterocycles. The van der Waals surface area contributed by atoms with Crippen molar-refractivity contribution in [3.05, 3.63) is 40.9 Å². The summed E-state index contributed by atoms with van der Waals surface area (Å²) in [7, 11) is 1.60. The molecule has 7 heteroatoms. The summed E-state index contributed by atoms with van der Waals surface area (Å²) in [6.07, 6.45) is 2.75. The van der Waals surface area contributed by atoms with Crippen LogP contribution in [-0.4, -0.2) is 41.9 Å². The zero-order valence-electron chi connectivity index (χ0n) is 14.7. The van der Waals surface area contributed by atoms with Crippen LogP contribution in [0.4, 0.5) is 5.13 Å². The van der Waals surface area contributed by atoms with E-state index in [0.717, 1.165) is 22.6 Å². The average molecular weight is 361 g/mol. The number of benzene rings is 1. The Morgan fingerprint density at radius 3 is 2.56 bits per heavy atom. The highest BCUT2D eigenvalue weighted by atomic mass is 32.1. The van der Waals surface area contributed by atoms with E-state index in [-0.39, 0.29) is 24.8 Å². The minimum Gasteiger partial charge on any atom is -0.497 e. The molecule has 2 amide bonds. The predicted molar refractivity (Wildman–Crippen MR) is 99.0 cm³/mol. The molecule has 0 radical (unpaired) electrons. The molecule has 134 valence electrons. The molecule has 0 saturated heterocycles. The molecule has 0 saturated carbocycles. The molecule has 1 heterocycles. The first-order valence-corrected chi connectivity index (χ1v) is 8.96. The molecule has 6 nitrogen and oxygen atoms in total. The van der Waals surface area contributed by atoms with Crippen LogP contribution in [0.5, 0.6) is 5.75 Å². The minimum absolute atomic E-state index is 0.0292. The third-order valence-corrected chi connectivity index (χ3v) is 4.39. The maximum absolute atomic E-state index is 12.6. The number of nitrogens with one attached hydrogen (secondary N) is 1. The van der Waals surface area contributed by atoms with Crippen molar-refractivity contribution in [2.75, 3.05) is 25.5 Å². The molecular formula is C18H23N3O3S. The second-order valence-corrected chi connectivity index (χ2v) is 6.90. The van der Waals surface area contributed by atoms with Crippen LogP contribution in [0, 0.1) is 6.92 Å². The Kier molecular flexibility index (Phi) is 6.94. The number of thiazole rings is 1. The van der Waals surface area contributed by atoms with Crippen molar-refractivity contribution in [3.63, 3.8) is 0 Å². The molecule has 0 aliphatic carbocycles. The summed E-state index contributed by atoms with van der Waals surface area (Å²) >= 11 is 1.41. The van der Waals surface area contributed by atoms with Gasteiger partial charge < -0.3 is 15.0 Å². The van der Waals surface area contributed by atoms with Crippen LogP contribution in [0.25, 0.3) is 0 Å². The zero-order valence-corrected chi connectivity index (χ0v) is 15.6. The van der Waals surface area contributed by atoms with E-state index in [1.807, 2.05) is 38.1 Å². The van der Waals surface area contributed by atoms with Crippen molar-refractivity contribution in [3.8, 4) is 5.75 Å². The smallest absolute Gasteiger partial charge is 0.245 e. The van der Waals surface area contributed by atoms with Crippen LogP contribution in [0.1, 0.15) is 23.8 Å². The number of hydrogen-bond donors (Lipinski definition) is 1.